The Bertz CT molecular complexity index is 1270. The second kappa shape index (κ2) is 15.6. The van der Waals surface area contributed by atoms with Gasteiger partial charge in [0.15, 0.2) is 0 Å². The Kier molecular flexibility index (Phi) is 12.1. The van der Waals surface area contributed by atoms with E-state index in [-0.39, 0.29) is 23.4 Å². The number of unbranched alkanes of at least 4 members (excludes halogenated alkanes) is 5. The van der Waals surface area contributed by atoms with Gasteiger partial charge in [-0.25, -0.2) is 0 Å². The van der Waals surface area contributed by atoms with Gasteiger partial charge in [0.25, 0.3) is 0 Å². The predicted molar refractivity (Wildman–Crippen MR) is 178 cm³/mol. The highest BCUT2D eigenvalue weighted by atomic mass is 19.4. The minimum absolute atomic E-state index is 0.0618. The van der Waals surface area contributed by atoms with E-state index >= 15 is 0 Å². The first-order valence-corrected chi connectivity index (χ1v) is 18.8. The molecule has 5 rings (SSSR count). The maximum atomic E-state index is 12.9. The number of aliphatic hydroxyl groups excluding tert-OH is 1. The summed E-state index contributed by atoms with van der Waals surface area (Å²) in [5, 5.41) is 13.8. The number of rotatable bonds is 15. The number of ketones is 1. The smallest absolute Gasteiger partial charge is 0.453 e. The lowest BCUT2D eigenvalue weighted by atomic mass is 9.42. The third-order valence-electron chi connectivity index (χ3n) is 13.2. The molecule has 10 heteroatoms. The molecule has 1 amide bonds. The third kappa shape index (κ3) is 8.47. The minimum Gasteiger partial charge on any atom is -0.494 e. The molecule has 0 bridgehead atoms. The Labute approximate surface area is 288 Å². The molecule has 4 aliphatic rings. The Morgan fingerprint density at radius 1 is 0.918 bits per heavy atom. The first-order valence-electron chi connectivity index (χ1n) is 18.8. The number of alkyl halides is 5. The molecule has 1 aromatic rings. The topological polar surface area (TPSA) is 75.6 Å². The van der Waals surface area contributed by atoms with Gasteiger partial charge in [-0.1, -0.05) is 51.7 Å². The Hall–Kier alpha value is -2.23. The second-order valence-electron chi connectivity index (χ2n) is 16.2. The number of nitrogens with one attached hydrogen (secondary N) is 1. The van der Waals surface area contributed by atoms with Gasteiger partial charge in [0, 0.05) is 32.2 Å². The molecule has 4 fully saturated rings. The molecular weight excluding hydrogens is 641 g/mol. The van der Waals surface area contributed by atoms with Crippen LogP contribution >= 0.6 is 0 Å². The number of hydrogen-bond acceptors (Lipinski definition) is 4. The van der Waals surface area contributed by atoms with Crippen molar-refractivity contribution in [1.29, 1.82) is 0 Å². The fourth-order valence-corrected chi connectivity index (χ4v) is 10.4. The van der Waals surface area contributed by atoms with Crippen LogP contribution < -0.4 is 10.1 Å². The number of benzene rings is 1. The van der Waals surface area contributed by atoms with Crippen LogP contribution in [0.25, 0.3) is 0 Å². The predicted octanol–water partition coefficient (Wildman–Crippen LogP) is 9.56. The number of Topliss-reactive ketones (excluding diaryl/α,β-unsaturated/α-hetero) is 1. The van der Waals surface area contributed by atoms with E-state index in [9.17, 15) is 36.6 Å². The average Bonchev–Trinajstić information content (AvgIpc) is 3.35. The van der Waals surface area contributed by atoms with Crippen molar-refractivity contribution in [2.75, 3.05) is 13.2 Å². The molecule has 5 nitrogen and oxygen atoms in total. The summed E-state index contributed by atoms with van der Waals surface area (Å²) in [4.78, 5) is 24.2. The lowest BCUT2D eigenvalue weighted by Gasteiger charge is -2.62. The molecule has 0 radical (unpaired) electrons. The summed E-state index contributed by atoms with van der Waals surface area (Å²) in [5.41, 5.74) is 1.43. The van der Waals surface area contributed by atoms with Crippen LogP contribution in [0.15, 0.2) is 24.3 Å². The van der Waals surface area contributed by atoms with Crippen LogP contribution in [0.5, 0.6) is 5.75 Å². The first kappa shape index (κ1) is 38.0. The van der Waals surface area contributed by atoms with Crippen LogP contribution in [0, 0.1) is 34.5 Å². The lowest BCUT2D eigenvalue weighted by Crippen LogP contribution is -2.56. The molecule has 276 valence electrons. The van der Waals surface area contributed by atoms with Gasteiger partial charge in [0.05, 0.1) is 12.7 Å². The SMILES string of the molecule is C[C@]12CCC(=O)CC1CC[C@@H]1[C@H]2C(c2ccc(OCCCCCCCCNC(=O)CCCC(F)(F)C(F)(F)F)cc2)C[C@]2(C)C(O)CC[C@@H]12. The fourth-order valence-electron chi connectivity index (χ4n) is 10.4. The summed E-state index contributed by atoms with van der Waals surface area (Å²) in [6, 6.07) is 8.65. The molecule has 49 heavy (non-hydrogen) atoms. The molecule has 4 saturated carbocycles. The summed E-state index contributed by atoms with van der Waals surface area (Å²) in [7, 11) is 0. The number of hydrogen-bond donors (Lipinski definition) is 2. The number of aliphatic hydroxyl groups is 1. The molecular formula is C39H56F5NO4. The highest BCUT2D eigenvalue weighted by Gasteiger charge is 2.63. The van der Waals surface area contributed by atoms with Crippen molar-refractivity contribution >= 4 is 11.7 Å². The Morgan fingerprint density at radius 2 is 1.61 bits per heavy atom. The largest absolute Gasteiger partial charge is 0.494 e. The van der Waals surface area contributed by atoms with Crippen LogP contribution in [0.2, 0.25) is 0 Å². The van der Waals surface area contributed by atoms with Crippen LogP contribution in [-0.4, -0.2) is 48.2 Å². The third-order valence-corrected chi connectivity index (χ3v) is 13.2. The van der Waals surface area contributed by atoms with Gasteiger partial charge < -0.3 is 15.2 Å². The van der Waals surface area contributed by atoms with Crippen LogP contribution in [-0.2, 0) is 9.59 Å². The zero-order valence-electron chi connectivity index (χ0n) is 29.3. The van der Waals surface area contributed by atoms with Gasteiger partial charge in [-0.3, -0.25) is 9.59 Å². The zero-order chi connectivity index (χ0) is 35.5. The summed E-state index contributed by atoms with van der Waals surface area (Å²) in [5.74, 6) is -1.48. The van der Waals surface area contributed by atoms with E-state index in [1.165, 1.54) is 12.0 Å². The number of ether oxygens (including phenoxy) is 1. The van der Waals surface area contributed by atoms with Crippen molar-refractivity contribution in [3.8, 4) is 5.75 Å². The van der Waals surface area contributed by atoms with Crippen molar-refractivity contribution in [3.63, 3.8) is 0 Å². The Balaban J connectivity index is 1.02. The molecule has 4 aliphatic carbocycles. The lowest BCUT2D eigenvalue weighted by molar-refractivity contribution is -0.284. The van der Waals surface area contributed by atoms with Gasteiger partial charge in [0.2, 0.25) is 5.91 Å². The fraction of sp³-hybridized carbons (Fsp3) is 0.795. The molecule has 8 atom stereocenters. The monoisotopic (exact) mass is 697 g/mol. The maximum absolute atomic E-state index is 12.9. The average molecular weight is 698 g/mol. The number of amides is 1. The maximum Gasteiger partial charge on any atom is 0.453 e. The molecule has 3 unspecified atom stereocenters. The Morgan fingerprint density at radius 3 is 2.33 bits per heavy atom. The van der Waals surface area contributed by atoms with E-state index in [4.69, 9.17) is 4.74 Å². The molecule has 0 heterocycles. The summed E-state index contributed by atoms with van der Waals surface area (Å²) in [6.45, 7) is 5.81. The normalized spacial score (nSPS) is 33.0. The van der Waals surface area contributed by atoms with E-state index < -0.39 is 30.8 Å². The van der Waals surface area contributed by atoms with Crippen molar-refractivity contribution in [1.82, 2.24) is 5.32 Å². The summed E-state index contributed by atoms with van der Waals surface area (Å²) in [6.07, 6.45) is 5.21. The quantitative estimate of drug-likeness (QED) is 0.141. The van der Waals surface area contributed by atoms with Crippen molar-refractivity contribution in [2.24, 2.45) is 34.5 Å². The minimum atomic E-state index is -5.58. The van der Waals surface area contributed by atoms with Gasteiger partial charge in [0.1, 0.15) is 11.5 Å². The molecule has 0 aliphatic heterocycles. The van der Waals surface area contributed by atoms with Crippen LogP contribution in [0.3, 0.4) is 0 Å². The van der Waals surface area contributed by atoms with Gasteiger partial charge >= 0.3 is 12.1 Å². The van der Waals surface area contributed by atoms with Crippen molar-refractivity contribution in [3.05, 3.63) is 29.8 Å². The molecule has 0 saturated heterocycles. The van der Waals surface area contributed by atoms with Crippen molar-refractivity contribution in [2.45, 2.75) is 147 Å². The summed E-state index contributed by atoms with van der Waals surface area (Å²) < 4.78 is 68.6. The highest BCUT2D eigenvalue weighted by molar-refractivity contribution is 5.79. The van der Waals surface area contributed by atoms with Crippen LogP contribution in [0.4, 0.5) is 22.0 Å². The van der Waals surface area contributed by atoms with Crippen LogP contribution in [0.1, 0.15) is 134 Å². The van der Waals surface area contributed by atoms with E-state index in [1.807, 2.05) is 0 Å². The van der Waals surface area contributed by atoms with Gasteiger partial charge in [-0.2, -0.15) is 22.0 Å². The number of fused-ring (bicyclic) bond motifs is 5. The molecule has 0 spiro atoms. The molecule has 0 aromatic heterocycles. The van der Waals surface area contributed by atoms with Gasteiger partial charge in [-0.15, -0.1) is 0 Å². The first-order chi connectivity index (χ1) is 23.2. The van der Waals surface area contributed by atoms with E-state index in [0.29, 0.717) is 54.9 Å². The number of halogens is 5. The molecule has 2 N–H and O–H groups in total. The standard InChI is InChI=1S/C39H56F5NO4/c1-36-21-19-28(46)24-27(36)13-16-30-32-17-18-33(47)37(32,2)25-31(35(30)36)26-11-14-29(15-12-26)49-23-8-6-4-3-5-7-22-45-34(48)10-9-20-38(40,41)39(42,43)44/h11-12,14-15,27,30-33,35,47H,3-10,13,16-25H2,1-2H3,(H,45,48)/t27?,30-,31?,32-,33?,35-,36-,37-/m0/s1. The van der Waals surface area contributed by atoms with E-state index in [1.54, 1.807) is 0 Å². The highest BCUT2D eigenvalue weighted by Crippen LogP contribution is 2.69. The second-order valence-corrected chi connectivity index (χ2v) is 16.2. The molecule has 1 aromatic carbocycles. The van der Waals surface area contributed by atoms with Crippen molar-refractivity contribution < 1.29 is 41.4 Å². The van der Waals surface area contributed by atoms with Gasteiger partial charge in [-0.05, 0) is 116 Å². The van der Waals surface area contributed by atoms with E-state index in [0.717, 1.165) is 82.8 Å². The number of carbonyl (C=O) groups excluding carboxylic acids is 2. The van der Waals surface area contributed by atoms with E-state index in [2.05, 4.69) is 43.4 Å². The summed E-state index contributed by atoms with van der Waals surface area (Å²) >= 11 is 0. The zero-order valence-corrected chi connectivity index (χ0v) is 29.3. The number of carbonyl (C=O) groups is 2.